The molecule has 2 fully saturated rings. The number of nitrogens with zero attached hydrogens (tertiary/aromatic N) is 5. The summed E-state index contributed by atoms with van der Waals surface area (Å²) in [5.74, 6) is 0.856. The fraction of sp³-hybridized carbons (Fsp3) is 0.600. The van der Waals surface area contributed by atoms with Gasteiger partial charge in [-0.2, -0.15) is 15.0 Å². The first kappa shape index (κ1) is 11.5. The van der Waals surface area contributed by atoms with E-state index in [2.05, 4.69) is 15.0 Å². The van der Waals surface area contributed by atoms with Gasteiger partial charge in [0.15, 0.2) is 0 Å². The van der Waals surface area contributed by atoms with Crippen LogP contribution in [0.1, 0.15) is 12.8 Å². The smallest absolute Gasteiger partial charge is 0.231 e. The number of aromatic nitrogens is 3. The zero-order chi connectivity index (χ0) is 12.7. The second-order valence-corrected chi connectivity index (χ2v) is 4.83. The molecule has 0 bridgehead atoms. The number of fused-ring (bicyclic) bond motifs is 1. The molecule has 7 nitrogen and oxygen atoms in total. The summed E-state index contributed by atoms with van der Waals surface area (Å²) < 4.78 is 0. The lowest BCUT2D eigenvalue weighted by Crippen LogP contribution is -2.52. The van der Waals surface area contributed by atoms with Gasteiger partial charge in [-0.3, -0.25) is 4.79 Å². The summed E-state index contributed by atoms with van der Waals surface area (Å²) in [4.78, 5) is 27.4. The summed E-state index contributed by atoms with van der Waals surface area (Å²) in [7, 11) is 0. The fourth-order valence-electron chi connectivity index (χ4n) is 2.54. The SMILES string of the molecule is Nc1nc(Cl)nc(N2CCN3C(=O)CCC3C2)n1. The predicted molar refractivity (Wildman–Crippen MR) is 66.2 cm³/mol. The maximum absolute atomic E-state index is 11.6. The van der Waals surface area contributed by atoms with Gasteiger partial charge in [-0.25, -0.2) is 0 Å². The van der Waals surface area contributed by atoms with Crippen LogP contribution in [-0.4, -0.2) is 51.4 Å². The Kier molecular flexibility index (Phi) is 2.70. The molecule has 0 radical (unpaired) electrons. The van der Waals surface area contributed by atoms with Crippen LogP contribution in [0.3, 0.4) is 0 Å². The summed E-state index contributed by atoms with van der Waals surface area (Å²) in [5, 5.41) is 0.0995. The van der Waals surface area contributed by atoms with Gasteiger partial charge in [0.25, 0.3) is 0 Å². The van der Waals surface area contributed by atoms with E-state index in [0.717, 1.165) is 13.0 Å². The second-order valence-electron chi connectivity index (χ2n) is 4.49. The van der Waals surface area contributed by atoms with Crippen LogP contribution in [0.15, 0.2) is 0 Å². The molecule has 1 atom stereocenters. The van der Waals surface area contributed by atoms with Crippen LogP contribution < -0.4 is 10.6 Å². The monoisotopic (exact) mass is 268 g/mol. The normalized spacial score (nSPS) is 23.4. The molecular formula is C10H13ClN6O. The van der Waals surface area contributed by atoms with Crippen molar-refractivity contribution < 1.29 is 4.79 Å². The molecular weight excluding hydrogens is 256 g/mol. The predicted octanol–water partition coefficient (Wildman–Crippen LogP) is -0.0818. The molecule has 0 aromatic carbocycles. The summed E-state index contributed by atoms with van der Waals surface area (Å²) in [6.07, 6.45) is 1.53. The van der Waals surface area contributed by atoms with Crippen molar-refractivity contribution in [1.29, 1.82) is 0 Å². The molecule has 18 heavy (non-hydrogen) atoms. The molecule has 96 valence electrons. The van der Waals surface area contributed by atoms with E-state index in [1.807, 2.05) is 9.80 Å². The first-order valence-corrected chi connectivity index (χ1v) is 6.23. The van der Waals surface area contributed by atoms with Crippen molar-refractivity contribution in [1.82, 2.24) is 19.9 Å². The summed E-state index contributed by atoms with van der Waals surface area (Å²) in [5.41, 5.74) is 5.56. The number of nitrogen functional groups attached to an aromatic ring is 1. The van der Waals surface area contributed by atoms with Gasteiger partial charge in [-0.1, -0.05) is 0 Å². The zero-order valence-electron chi connectivity index (χ0n) is 9.71. The number of hydrogen-bond acceptors (Lipinski definition) is 6. The number of amides is 1. The lowest BCUT2D eigenvalue weighted by Gasteiger charge is -2.37. The van der Waals surface area contributed by atoms with Crippen molar-refractivity contribution in [2.75, 3.05) is 30.3 Å². The fourth-order valence-corrected chi connectivity index (χ4v) is 2.70. The molecule has 1 unspecified atom stereocenters. The number of anilines is 2. The standard InChI is InChI=1S/C10H13ClN6O/c11-8-13-9(12)15-10(14-8)16-3-4-17-6(5-16)1-2-7(17)18/h6H,1-5H2,(H2,12,13,14,15). The van der Waals surface area contributed by atoms with E-state index in [-0.39, 0.29) is 23.2 Å². The third-order valence-electron chi connectivity index (χ3n) is 3.39. The van der Waals surface area contributed by atoms with Crippen molar-refractivity contribution in [3.05, 3.63) is 5.28 Å². The molecule has 2 N–H and O–H groups in total. The van der Waals surface area contributed by atoms with Crippen LogP contribution in [0.4, 0.5) is 11.9 Å². The average molecular weight is 269 g/mol. The van der Waals surface area contributed by atoms with Gasteiger partial charge in [-0.15, -0.1) is 0 Å². The van der Waals surface area contributed by atoms with Gasteiger partial charge in [0.2, 0.25) is 23.1 Å². The molecule has 1 aromatic rings. The summed E-state index contributed by atoms with van der Waals surface area (Å²) >= 11 is 5.77. The highest BCUT2D eigenvalue weighted by Crippen LogP contribution is 2.25. The van der Waals surface area contributed by atoms with Crippen LogP contribution in [0.25, 0.3) is 0 Å². The van der Waals surface area contributed by atoms with Crippen LogP contribution in [-0.2, 0) is 4.79 Å². The van der Waals surface area contributed by atoms with Crippen LogP contribution >= 0.6 is 11.6 Å². The van der Waals surface area contributed by atoms with E-state index in [9.17, 15) is 4.79 Å². The molecule has 0 aliphatic carbocycles. The lowest BCUT2D eigenvalue weighted by molar-refractivity contribution is -0.129. The van der Waals surface area contributed by atoms with Gasteiger partial charge in [-0.05, 0) is 18.0 Å². The Hall–Kier alpha value is -1.63. The maximum Gasteiger partial charge on any atom is 0.231 e. The minimum Gasteiger partial charge on any atom is -0.368 e. The zero-order valence-corrected chi connectivity index (χ0v) is 10.5. The van der Waals surface area contributed by atoms with E-state index in [1.54, 1.807) is 0 Å². The van der Waals surface area contributed by atoms with E-state index < -0.39 is 0 Å². The van der Waals surface area contributed by atoms with Crippen LogP contribution in [0.5, 0.6) is 0 Å². The van der Waals surface area contributed by atoms with Crippen LogP contribution in [0, 0.1) is 0 Å². The maximum atomic E-state index is 11.6. The minimum absolute atomic E-state index is 0.0995. The number of carbonyl (C=O) groups is 1. The Balaban J connectivity index is 1.80. The van der Waals surface area contributed by atoms with E-state index >= 15 is 0 Å². The molecule has 2 aliphatic rings. The second kappa shape index (κ2) is 4.24. The number of rotatable bonds is 1. The highest BCUT2D eigenvalue weighted by Gasteiger charge is 2.36. The summed E-state index contributed by atoms with van der Waals surface area (Å²) in [6.45, 7) is 2.13. The summed E-state index contributed by atoms with van der Waals surface area (Å²) in [6, 6.07) is 0.253. The number of piperazine rings is 1. The molecule has 1 aromatic heterocycles. The van der Waals surface area contributed by atoms with Crippen molar-refractivity contribution >= 4 is 29.4 Å². The molecule has 2 aliphatic heterocycles. The van der Waals surface area contributed by atoms with Crippen LogP contribution in [0.2, 0.25) is 5.28 Å². The first-order valence-electron chi connectivity index (χ1n) is 5.85. The lowest BCUT2D eigenvalue weighted by atomic mass is 10.2. The first-order chi connectivity index (χ1) is 8.63. The topological polar surface area (TPSA) is 88.2 Å². The van der Waals surface area contributed by atoms with Crippen molar-refractivity contribution in [2.24, 2.45) is 0 Å². The average Bonchev–Trinajstić information content (AvgIpc) is 2.69. The Morgan fingerprint density at radius 3 is 2.89 bits per heavy atom. The highest BCUT2D eigenvalue weighted by atomic mass is 35.5. The largest absolute Gasteiger partial charge is 0.368 e. The van der Waals surface area contributed by atoms with Crippen molar-refractivity contribution in [2.45, 2.75) is 18.9 Å². The molecule has 0 saturated carbocycles. The molecule has 3 heterocycles. The Bertz CT molecular complexity index is 475. The number of nitrogens with two attached hydrogens (primary N) is 1. The van der Waals surface area contributed by atoms with Gasteiger partial charge < -0.3 is 15.5 Å². The van der Waals surface area contributed by atoms with Crippen molar-refractivity contribution in [3.8, 4) is 0 Å². The van der Waals surface area contributed by atoms with Crippen molar-refractivity contribution in [3.63, 3.8) is 0 Å². The Morgan fingerprint density at radius 1 is 1.28 bits per heavy atom. The molecule has 8 heteroatoms. The minimum atomic E-state index is 0.0995. The third-order valence-corrected chi connectivity index (χ3v) is 3.56. The van der Waals surface area contributed by atoms with E-state index in [1.165, 1.54) is 0 Å². The van der Waals surface area contributed by atoms with Gasteiger partial charge in [0.05, 0.1) is 0 Å². The third kappa shape index (κ3) is 1.94. The Morgan fingerprint density at radius 2 is 2.11 bits per heavy atom. The number of halogens is 1. The molecule has 1 amide bonds. The molecule has 3 rings (SSSR count). The molecule has 0 spiro atoms. The van der Waals surface area contributed by atoms with Gasteiger partial charge in [0.1, 0.15) is 0 Å². The Labute approximate surface area is 109 Å². The number of hydrogen-bond donors (Lipinski definition) is 1. The van der Waals surface area contributed by atoms with E-state index in [4.69, 9.17) is 17.3 Å². The molecule has 2 saturated heterocycles. The van der Waals surface area contributed by atoms with Gasteiger partial charge in [0, 0.05) is 32.1 Å². The van der Waals surface area contributed by atoms with Gasteiger partial charge >= 0.3 is 0 Å². The highest BCUT2D eigenvalue weighted by molar-refractivity contribution is 6.28. The van der Waals surface area contributed by atoms with E-state index in [0.29, 0.717) is 25.5 Å². The quantitative estimate of drug-likeness (QED) is 0.766. The number of carbonyl (C=O) groups excluding carboxylic acids is 1.